The van der Waals surface area contributed by atoms with Crippen LogP contribution in [0.15, 0.2) is 39.6 Å². The lowest BCUT2D eigenvalue weighted by atomic mass is 10.4. The molecule has 156 valence electrons. The Labute approximate surface area is 174 Å². The molecule has 0 radical (unpaired) electrons. The minimum Gasteiger partial charge on any atom is -0.412 e. The molecule has 11 heteroatoms. The van der Waals surface area contributed by atoms with Gasteiger partial charge in [-0.05, 0) is 30.8 Å². The fourth-order valence-corrected chi connectivity index (χ4v) is 5.22. The molecule has 2 aliphatic heterocycles. The van der Waals surface area contributed by atoms with E-state index in [1.165, 1.54) is 4.31 Å². The van der Waals surface area contributed by atoms with Crippen LogP contribution in [0, 0.1) is 4.84 Å². The third-order valence-electron chi connectivity index (χ3n) is 5.19. The van der Waals surface area contributed by atoms with E-state index in [9.17, 15) is 13.2 Å². The van der Waals surface area contributed by atoms with Crippen LogP contribution in [0.2, 0.25) is 0 Å². The molecule has 4 rings (SSSR count). The summed E-state index contributed by atoms with van der Waals surface area (Å²) in [5, 5.41) is 4.40. The second-order valence-corrected chi connectivity index (χ2v) is 9.44. The first-order valence-electron chi connectivity index (χ1n) is 9.55. The van der Waals surface area contributed by atoms with Crippen LogP contribution in [0.5, 0.6) is 0 Å². The maximum absolute atomic E-state index is 12.7. The summed E-state index contributed by atoms with van der Waals surface area (Å²) in [6.45, 7) is 3.41. The molecule has 1 aromatic carbocycles. The van der Waals surface area contributed by atoms with E-state index in [1.54, 1.807) is 39.9 Å². The van der Waals surface area contributed by atoms with Crippen molar-refractivity contribution in [1.82, 2.24) is 23.9 Å². The molecule has 0 bridgehead atoms. The van der Waals surface area contributed by atoms with E-state index in [-0.39, 0.29) is 10.7 Å². The van der Waals surface area contributed by atoms with Crippen LogP contribution in [0.1, 0.15) is 18.7 Å². The Morgan fingerprint density at radius 1 is 1.07 bits per heavy atom. The van der Waals surface area contributed by atoms with Crippen LogP contribution in [0.4, 0.5) is 0 Å². The van der Waals surface area contributed by atoms with Crippen LogP contribution >= 0.6 is 12.2 Å². The van der Waals surface area contributed by atoms with Gasteiger partial charge in [-0.1, -0.05) is 18.2 Å². The molecule has 3 heterocycles. The molecule has 1 amide bonds. The van der Waals surface area contributed by atoms with E-state index in [0.29, 0.717) is 63.1 Å². The molecule has 9 nitrogen and oxygen atoms in total. The number of piperazine rings is 1. The predicted molar refractivity (Wildman–Crippen MR) is 107 cm³/mol. The summed E-state index contributed by atoms with van der Waals surface area (Å²) in [7, 11) is -3.47. The molecule has 0 N–H and O–H groups in total. The SMILES string of the molecule is O=C1CCCN1Cc1nn(CN2CCN(S(=O)(=O)c3ccccc3)CC2)c(=S)o1. The molecule has 0 spiro atoms. The van der Waals surface area contributed by atoms with Crippen LogP contribution in [0.25, 0.3) is 0 Å². The van der Waals surface area contributed by atoms with E-state index < -0.39 is 10.0 Å². The second kappa shape index (κ2) is 8.34. The summed E-state index contributed by atoms with van der Waals surface area (Å²) < 4.78 is 34.1. The lowest BCUT2D eigenvalue weighted by Gasteiger charge is -2.33. The summed E-state index contributed by atoms with van der Waals surface area (Å²) in [6.07, 6.45) is 1.42. The Bertz CT molecular complexity index is 1030. The van der Waals surface area contributed by atoms with Crippen molar-refractivity contribution in [2.24, 2.45) is 0 Å². The molecular weight excluding hydrogens is 414 g/mol. The second-order valence-electron chi connectivity index (χ2n) is 7.16. The molecule has 2 fully saturated rings. The Morgan fingerprint density at radius 3 is 2.45 bits per heavy atom. The average Bonchev–Trinajstić information content (AvgIpc) is 3.28. The van der Waals surface area contributed by atoms with E-state index in [4.69, 9.17) is 16.6 Å². The van der Waals surface area contributed by atoms with Crippen molar-refractivity contribution in [3.05, 3.63) is 41.1 Å². The van der Waals surface area contributed by atoms with Gasteiger partial charge in [0.2, 0.25) is 21.8 Å². The van der Waals surface area contributed by atoms with Crippen molar-refractivity contribution in [2.45, 2.75) is 31.0 Å². The Morgan fingerprint density at radius 2 is 1.79 bits per heavy atom. The highest BCUT2D eigenvalue weighted by molar-refractivity contribution is 7.89. The lowest BCUT2D eigenvalue weighted by molar-refractivity contribution is -0.128. The molecule has 0 atom stereocenters. The normalized spacial score (nSPS) is 19.2. The molecule has 2 saturated heterocycles. The fourth-order valence-electron chi connectivity index (χ4n) is 3.58. The van der Waals surface area contributed by atoms with Crippen molar-refractivity contribution in [2.75, 3.05) is 32.7 Å². The largest absolute Gasteiger partial charge is 0.412 e. The molecule has 29 heavy (non-hydrogen) atoms. The highest BCUT2D eigenvalue weighted by atomic mass is 32.2. The maximum Gasteiger partial charge on any atom is 0.288 e. The van der Waals surface area contributed by atoms with Crippen molar-refractivity contribution in [3.8, 4) is 0 Å². The molecule has 2 aliphatic rings. The van der Waals surface area contributed by atoms with Gasteiger partial charge in [-0.15, -0.1) is 5.10 Å². The average molecular weight is 438 g/mol. The predicted octanol–water partition coefficient (Wildman–Crippen LogP) is 1.29. The number of nitrogens with zero attached hydrogens (tertiary/aromatic N) is 5. The Balaban J connectivity index is 1.35. The quantitative estimate of drug-likeness (QED) is 0.629. The number of amides is 1. The zero-order chi connectivity index (χ0) is 20.4. The number of likely N-dealkylation sites (tertiary alicyclic amines) is 1. The van der Waals surface area contributed by atoms with Gasteiger partial charge in [-0.3, -0.25) is 9.69 Å². The molecular formula is C18H23N5O4S2. The van der Waals surface area contributed by atoms with Crippen molar-refractivity contribution in [1.29, 1.82) is 0 Å². The van der Waals surface area contributed by atoms with Crippen LogP contribution in [-0.2, 0) is 28.0 Å². The fraction of sp³-hybridized carbons (Fsp3) is 0.500. The number of carbonyl (C=O) groups excluding carboxylic acids is 1. The molecule has 0 aliphatic carbocycles. The number of carbonyl (C=O) groups is 1. The first-order chi connectivity index (χ1) is 13.9. The standard InChI is InChI=1S/C18H23N5O4S2/c24-17-7-4-8-21(17)13-16-19-23(18(28)27-16)14-20-9-11-22(12-10-20)29(25,26)15-5-2-1-3-6-15/h1-3,5-6H,4,7-14H2. The van der Waals surface area contributed by atoms with Gasteiger partial charge in [0.1, 0.15) is 0 Å². The zero-order valence-electron chi connectivity index (χ0n) is 15.9. The summed E-state index contributed by atoms with van der Waals surface area (Å²) in [6, 6.07) is 8.48. The van der Waals surface area contributed by atoms with Crippen LogP contribution in [-0.4, -0.2) is 70.9 Å². The van der Waals surface area contributed by atoms with Gasteiger partial charge < -0.3 is 9.32 Å². The van der Waals surface area contributed by atoms with E-state index >= 15 is 0 Å². The topological polar surface area (TPSA) is 91.9 Å². The van der Waals surface area contributed by atoms with Gasteiger partial charge in [0.05, 0.1) is 18.1 Å². The third-order valence-corrected chi connectivity index (χ3v) is 7.40. The van der Waals surface area contributed by atoms with Crippen LogP contribution < -0.4 is 0 Å². The van der Waals surface area contributed by atoms with Crippen molar-refractivity contribution >= 4 is 28.1 Å². The maximum atomic E-state index is 12.7. The highest BCUT2D eigenvalue weighted by Gasteiger charge is 2.29. The minimum absolute atomic E-state index is 0.108. The van der Waals surface area contributed by atoms with Crippen molar-refractivity contribution in [3.63, 3.8) is 0 Å². The molecule has 0 saturated carbocycles. The zero-order valence-corrected chi connectivity index (χ0v) is 17.6. The number of rotatable bonds is 6. The summed E-state index contributed by atoms with van der Waals surface area (Å²) in [5.74, 6) is 0.534. The molecule has 0 unspecified atom stereocenters. The molecule has 2 aromatic rings. The smallest absolute Gasteiger partial charge is 0.288 e. The number of aromatic nitrogens is 2. The number of hydrogen-bond acceptors (Lipinski definition) is 7. The highest BCUT2D eigenvalue weighted by Crippen LogP contribution is 2.18. The number of hydrogen-bond donors (Lipinski definition) is 0. The van der Waals surface area contributed by atoms with E-state index in [2.05, 4.69) is 10.00 Å². The Hall–Kier alpha value is -2.08. The molecule has 1 aromatic heterocycles. The van der Waals surface area contributed by atoms with E-state index in [0.717, 1.165) is 6.42 Å². The number of benzene rings is 1. The van der Waals surface area contributed by atoms with E-state index in [1.807, 2.05) is 0 Å². The monoisotopic (exact) mass is 437 g/mol. The summed E-state index contributed by atoms with van der Waals surface area (Å²) in [5.41, 5.74) is 0. The van der Waals surface area contributed by atoms with Crippen molar-refractivity contribution < 1.29 is 17.6 Å². The first-order valence-corrected chi connectivity index (χ1v) is 11.4. The summed E-state index contributed by atoms with van der Waals surface area (Å²) >= 11 is 5.26. The lowest BCUT2D eigenvalue weighted by Crippen LogP contribution is -2.48. The van der Waals surface area contributed by atoms with Crippen LogP contribution in [0.3, 0.4) is 0 Å². The Kier molecular flexibility index (Phi) is 5.81. The minimum atomic E-state index is -3.47. The van der Waals surface area contributed by atoms with Gasteiger partial charge >= 0.3 is 0 Å². The van der Waals surface area contributed by atoms with Gasteiger partial charge in [0, 0.05) is 39.1 Å². The van der Waals surface area contributed by atoms with Gasteiger partial charge in [0.15, 0.2) is 0 Å². The van der Waals surface area contributed by atoms with Gasteiger partial charge in [-0.25, -0.2) is 13.1 Å². The summed E-state index contributed by atoms with van der Waals surface area (Å²) in [4.78, 5) is 16.1. The third kappa shape index (κ3) is 4.42. The van der Waals surface area contributed by atoms with Gasteiger partial charge in [-0.2, -0.15) is 4.31 Å². The number of sulfonamides is 1. The van der Waals surface area contributed by atoms with Gasteiger partial charge in [0.25, 0.3) is 4.84 Å². The first kappa shape index (κ1) is 20.2.